The van der Waals surface area contributed by atoms with Crippen LogP contribution >= 0.6 is 0 Å². The number of hydrogen-bond acceptors (Lipinski definition) is 2. The number of rotatable bonds is 3. The van der Waals surface area contributed by atoms with Crippen molar-refractivity contribution in [2.45, 2.75) is 32.2 Å². The second-order valence-electron chi connectivity index (χ2n) is 4.39. The molecule has 2 atom stereocenters. The zero-order chi connectivity index (χ0) is 10.7. The van der Waals surface area contributed by atoms with Crippen molar-refractivity contribution in [1.29, 1.82) is 0 Å². The normalized spacial score (nSPS) is 25.2. The summed E-state index contributed by atoms with van der Waals surface area (Å²) in [6.45, 7) is 2.32. The molecule has 15 heavy (non-hydrogen) atoms. The SMILES string of the molecule is COc1cccc(N[C@@H]2CCC[C@H]2C)c1. The van der Waals surface area contributed by atoms with E-state index in [-0.39, 0.29) is 0 Å². The van der Waals surface area contributed by atoms with Crippen LogP contribution in [0.1, 0.15) is 26.2 Å². The van der Waals surface area contributed by atoms with E-state index in [0.29, 0.717) is 6.04 Å². The summed E-state index contributed by atoms with van der Waals surface area (Å²) < 4.78 is 5.21. The van der Waals surface area contributed by atoms with E-state index in [1.807, 2.05) is 12.1 Å². The highest BCUT2D eigenvalue weighted by Crippen LogP contribution is 2.28. The highest BCUT2D eigenvalue weighted by molar-refractivity contribution is 5.49. The molecule has 1 fully saturated rings. The van der Waals surface area contributed by atoms with E-state index in [4.69, 9.17) is 4.74 Å². The first kappa shape index (κ1) is 10.3. The van der Waals surface area contributed by atoms with E-state index in [2.05, 4.69) is 24.4 Å². The number of benzene rings is 1. The van der Waals surface area contributed by atoms with Gasteiger partial charge in [0.15, 0.2) is 0 Å². The second kappa shape index (κ2) is 4.56. The largest absolute Gasteiger partial charge is 0.497 e. The standard InChI is InChI=1S/C13H19NO/c1-10-5-3-8-13(10)14-11-6-4-7-12(9-11)15-2/h4,6-7,9-10,13-14H,3,5,8H2,1-2H3/t10-,13-/m1/s1. The maximum absolute atomic E-state index is 5.21. The quantitative estimate of drug-likeness (QED) is 0.817. The van der Waals surface area contributed by atoms with E-state index >= 15 is 0 Å². The second-order valence-corrected chi connectivity index (χ2v) is 4.39. The molecule has 0 saturated heterocycles. The molecule has 0 radical (unpaired) electrons. The molecule has 0 heterocycles. The van der Waals surface area contributed by atoms with Crippen LogP contribution in [0.4, 0.5) is 5.69 Å². The van der Waals surface area contributed by atoms with E-state index in [9.17, 15) is 0 Å². The van der Waals surface area contributed by atoms with Crippen LogP contribution in [0.25, 0.3) is 0 Å². The molecule has 0 aromatic heterocycles. The molecule has 1 N–H and O–H groups in total. The van der Waals surface area contributed by atoms with Gasteiger partial charge in [-0.15, -0.1) is 0 Å². The lowest BCUT2D eigenvalue weighted by Crippen LogP contribution is -2.21. The zero-order valence-electron chi connectivity index (χ0n) is 9.49. The van der Waals surface area contributed by atoms with Crippen molar-refractivity contribution in [3.05, 3.63) is 24.3 Å². The maximum Gasteiger partial charge on any atom is 0.120 e. The van der Waals surface area contributed by atoms with Gasteiger partial charge in [-0.1, -0.05) is 19.4 Å². The van der Waals surface area contributed by atoms with Crippen molar-refractivity contribution < 1.29 is 4.74 Å². The Morgan fingerprint density at radius 2 is 2.20 bits per heavy atom. The summed E-state index contributed by atoms with van der Waals surface area (Å²) in [6, 6.07) is 8.81. The predicted octanol–water partition coefficient (Wildman–Crippen LogP) is 3.30. The van der Waals surface area contributed by atoms with E-state index in [0.717, 1.165) is 11.7 Å². The van der Waals surface area contributed by atoms with Crippen LogP contribution in [-0.2, 0) is 0 Å². The molecule has 1 aliphatic carbocycles. The van der Waals surface area contributed by atoms with Crippen LogP contribution in [0.3, 0.4) is 0 Å². The van der Waals surface area contributed by atoms with Crippen molar-refractivity contribution in [2.24, 2.45) is 5.92 Å². The van der Waals surface area contributed by atoms with Crippen molar-refractivity contribution >= 4 is 5.69 Å². The molecule has 1 saturated carbocycles. The molecule has 1 aromatic rings. The van der Waals surface area contributed by atoms with Gasteiger partial charge in [-0.2, -0.15) is 0 Å². The summed E-state index contributed by atoms with van der Waals surface area (Å²) in [5.41, 5.74) is 1.17. The molecule has 0 unspecified atom stereocenters. The zero-order valence-corrected chi connectivity index (χ0v) is 9.49. The molecule has 2 heteroatoms. The molecule has 0 spiro atoms. The minimum absolute atomic E-state index is 0.636. The minimum atomic E-state index is 0.636. The van der Waals surface area contributed by atoms with Gasteiger partial charge in [-0.3, -0.25) is 0 Å². The van der Waals surface area contributed by atoms with Gasteiger partial charge in [-0.25, -0.2) is 0 Å². The van der Waals surface area contributed by atoms with Gasteiger partial charge in [0.25, 0.3) is 0 Å². The third-order valence-electron chi connectivity index (χ3n) is 3.28. The molecule has 2 rings (SSSR count). The lowest BCUT2D eigenvalue weighted by Gasteiger charge is -2.18. The highest BCUT2D eigenvalue weighted by Gasteiger charge is 2.22. The van der Waals surface area contributed by atoms with Crippen LogP contribution in [0.5, 0.6) is 5.75 Å². The number of hydrogen-bond donors (Lipinski definition) is 1. The van der Waals surface area contributed by atoms with Crippen molar-refractivity contribution in [2.75, 3.05) is 12.4 Å². The smallest absolute Gasteiger partial charge is 0.120 e. The Balaban J connectivity index is 2.03. The molecular formula is C13H19NO. The van der Waals surface area contributed by atoms with E-state index < -0.39 is 0 Å². The van der Waals surface area contributed by atoms with Gasteiger partial charge in [0.1, 0.15) is 5.75 Å². The highest BCUT2D eigenvalue weighted by atomic mass is 16.5. The first-order valence-electron chi connectivity index (χ1n) is 5.70. The fraction of sp³-hybridized carbons (Fsp3) is 0.538. The van der Waals surface area contributed by atoms with Gasteiger partial charge in [-0.05, 0) is 30.9 Å². The summed E-state index contributed by atoms with van der Waals surface area (Å²) in [5, 5.41) is 3.59. The third-order valence-corrected chi connectivity index (χ3v) is 3.28. The molecule has 0 amide bonds. The Labute approximate surface area is 91.6 Å². The van der Waals surface area contributed by atoms with Crippen LogP contribution in [0.15, 0.2) is 24.3 Å². The predicted molar refractivity (Wildman–Crippen MR) is 63.4 cm³/mol. The third kappa shape index (κ3) is 2.44. The monoisotopic (exact) mass is 205 g/mol. The Kier molecular flexibility index (Phi) is 3.14. The van der Waals surface area contributed by atoms with Crippen LogP contribution < -0.4 is 10.1 Å². The first-order chi connectivity index (χ1) is 7.29. The average Bonchev–Trinajstić information content (AvgIpc) is 2.65. The molecule has 82 valence electrons. The number of methoxy groups -OCH3 is 1. The Morgan fingerprint density at radius 1 is 1.33 bits per heavy atom. The lowest BCUT2D eigenvalue weighted by molar-refractivity contribution is 0.415. The van der Waals surface area contributed by atoms with E-state index in [1.165, 1.54) is 24.9 Å². The van der Waals surface area contributed by atoms with Gasteiger partial charge < -0.3 is 10.1 Å². The fourth-order valence-corrected chi connectivity index (χ4v) is 2.29. The molecule has 0 aliphatic heterocycles. The molecule has 1 aromatic carbocycles. The average molecular weight is 205 g/mol. The fourth-order valence-electron chi connectivity index (χ4n) is 2.29. The molecule has 1 aliphatic rings. The molecule has 2 nitrogen and oxygen atoms in total. The van der Waals surface area contributed by atoms with Gasteiger partial charge in [0.05, 0.1) is 7.11 Å². The Morgan fingerprint density at radius 3 is 2.87 bits per heavy atom. The topological polar surface area (TPSA) is 21.3 Å². The molecule has 0 bridgehead atoms. The Hall–Kier alpha value is -1.18. The van der Waals surface area contributed by atoms with Crippen molar-refractivity contribution in [3.63, 3.8) is 0 Å². The number of nitrogens with one attached hydrogen (secondary N) is 1. The van der Waals surface area contributed by atoms with Gasteiger partial charge in [0.2, 0.25) is 0 Å². The summed E-state index contributed by atoms with van der Waals surface area (Å²) in [7, 11) is 1.71. The van der Waals surface area contributed by atoms with Gasteiger partial charge in [0, 0.05) is 17.8 Å². The van der Waals surface area contributed by atoms with Crippen LogP contribution in [0, 0.1) is 5.92 Å². The number of anilines is 1. The van der Waals surface area contributed by atoms with Crippen molar-refractivity contribution in [3.8, 4) is 5.75 Å². The maximum atomic E-state index is 5.21. The Bertz CT molecular complexity index is 324. The summed E-state index contributed by atoms with van der Waals surface area (Å²) >= 11 is 0. The van der Waals surface area contributed by atoms with Crippen LogP contribution in [0.2, 0.25) is 0 Å². The summed E-state index contributed by atoms with van der Waals surface area (Å²) in [6.07, 6.45) is 3.99. The summed E-state index contributed by atoms with van der Waals surface area (Å²) in [5.74, 6) is 1.71. The lowest BCUT2D eigenvalue weighted by atomic mass is 10.1. The van der Waals surface area contributed by atoms with E-state index in [1.54, 1.807) is 7.11 Å². The van der Waals surface area contributed by atoms with Gasteiger partial charge >= 0.3 is 0 Å². The first-order valence-corrected chi connectivity index (χ1v) is 5.70. The number of ether oxygens (including phenoxy) is 1. The molecular weight excluding hydrogens is 186 g/mol. The van der Waals surface area contributed by atoms with Crippen molar-refractivity contribution in [1.82, 2.24) is 0 Å². The van der Waals surface area contributed by atoms with Crippen LogP contribution in [-0.4, -0.2) is 13.2 Å². The minimum Gasteiger partial charge on any atom is -0.497 e. The summed E-state index contributed by atoms with van der Waals surface area (Å²) in [4.78, 5) is 0.